The number of rotatable bonds is 65. The lowest BCUT2D eigenvalue weighted by Crippen LogP contribution is -2.29. The highest BCUT2D eigenvalue weighted by molar-refractivity contribution is 7.47. The van der Waals surface area contributed by atoms with Crippen LogP contribution in [0.15, 0.2) is 219 Å². The molecule has 2 unspecified atom stereocenters. The first-order valence-electron chi connectivity index (χ1n) is 36.2. The lowest BCUT2D eigenvalue weighted by molar-refractivity contribution is -0.161. The van der Waals surface area contributed by atoms with Crippen molar-refractivity contribution < 1.29 is 37.6 Å². The quantitative estimate of drug-likeness (QED) is 0.0264. The average molecular weight is 1300 g/mol. The van der Waals surface area contributed by atoms with Gasteiger partial charge in [-0.3, -0.25) is 18.6 Å². The summed E-state index contributed by atoms with van der Waals surface area (Å²) in [6.45, 7) is 3.46. The van der Waals surface area contributed by atoms with Crippen molar-refractivity contribution in [3.8, 4) is 0 Å². The van der Waals surface area contributed by atoms with E-state index in [1.165, 1.54) is 64.2 Å². The molecule has 0 bridgehead atoms. The summed E-state index contributed by atoms with van der Waals surface area (Å²) in [6.07, 6.45) is 117. The SMILES string of the molecule is CC/C=C\C/C=C\C/C=C\C/C=C\C/C=C\C/C=C\C/C=C\C/C=C\C/C=C\CCCCCCCCCCCCCCCC(=O)OC(COC(=O)CCCCC/C=C\C/C=C\C/C=C\C/C=C\C/C=C\C/C=C\C/C=C\C/C=C\C/C=C\CC)COP(=O)(O)OCCN. The van der Waals surface area contributed by atoms with Gasteiger partial charge in [0.15, 0.2) is 6.10 Å². The van der Waals surface area contributed by atoms with Gasteiger partial charge in [-0.2, -0.15) is 0 Å². The third-order valence-electron chi connectivity index (χ3n) is 14.4. The largest absolute Gasteiger partial charge is 0.472 e. The number of ether oxygens (including phenoxy) is 2. The summed E-state index contributed by atoms with van der Waals surface area (Å²) in [5.41, 5.74) is 5.40. The van der Waals surface area contributed by atoms with E-state index in [4.69, 9.17) is 24.3 Å². The molecule has 9 nitrogen and oxygen atoms in total. The van der Waals surface area contributed by atoms with Gasteiger partial charge in [0.05, 0.1) is 13.2 Å². The van der Waals surface area contributed by atoms with E-state index >= 15 is 0 Å². The van der Waals surface area contributed by atoms with Crippen molar-refractivity contribution in [2.45, 2.75) is 264 Å². The van der Waals surface area contributed by atoms with E-state index in [-0.39, 0.29) is 32.6 Å². The van der Waals surface area contributed by atoms with Crippen LogP contribution < -0.4 is 5.73 Å². The Morgan fingerprint density at radius 2 is 0.559 bits per heavy atom. The predicted octanol–water partition coefficient (Wildman–Crippen LogP) is 24.4. The van der Waals surface area contributed by atoms with E-state index in [1.807, 2.05) is 0 Å². The molecule has 0 aromatic carbocycles. The Hall–Kier alpha value is -5.67. The van der Waals surface area contributed by atoms with E-state index in [0.717, 1.165) is 154 Å². The number of phosphoric acid groups is 1. The monoisotopic (exact) mass is 1300 g/mol. The zero-order valence-electron chi connectivity index (χ0n) is 58.4. The highest BCUT2D eigenvalue weighted by Gasteiger charge is 2.26. The summed E-state index contributed by atoms with van der Waals surface area (Å²) in [4.78, 5) is 35.4. The Morgan fingerprint density at radius 1 is 0.323 bits per heavy atom. The zero-order chi connectivity index (χ0) is 67.2. The summed E-state index contributed by atoms with van der Waals surface area (Å²) < 4.78 is 33.1. The van der Waals surface area contributed by atoms with Gasteiger partial charge in [0.1, 0.15) is 6.61 Å². The van der Waals surface area contributed by atoms with Crippen LogP contribution in [0.3, 0.4) is 0 Å². The van der Waals surface area contributed by atoms with E-state index in [2.05, 4.69) is 233 Å². The first-order chi connectivity index (χ1) is 45.8. The van der Waals surface area contributed by atoms with Crippen LogP contribution in [-0.2, 0) is 32.7 Å². The topological polar surface area (TPSA) is 134 Å². The van der Waals surface area contributed by atoms with E-state index in [0.29, 0.717) is 12.8 Å². The van der Waals surface area contributed by atoms with Crippen LogP contribution in [0, 0.1) is 0 Å². The smallest absolute Gasteiger partial charge is 0.462 e. The van der Waals surface area contributed by atoms with Crippen molar-refractivity contribution in [2.24, 2.45) is 5.73 Å². The van der Waals surface area contributed by atoms with Crippen molar-refractivity contribution >= 4 is 19.8 Å². The minimum absolute atomic E-state index is 0.0374. The molecular weight excluding hydrogens is 1170 g/mol. The number of hydrogen-bond acceptors (Lipinski definition) is 8. The first kappa shape index (κ1) is 87.3. The maximum absolute atomic E-state index is 12.8. The Kier molecular flexibility index (Phi) is 70.8. The fourth-order valence-corrected chi connectivity index (χ4v) is 9.86. The van der Waals surface area contributed by atoms with Crippen LogP contribution >= 0.6 is 7.82 Å². The first-order valence-corrected chi connectivity index (χ1v) is 37.7. The molecule has 0 aliphatic rings. The minimum atomic E-state index is -4.42. The average Bonchev–Trinajstić information content (AvgIpc) is 3.49. The number of unbranched alkanes of at least 4 members (excludes halogenated alkanes) is 16. The van der Waals surface area contributed by atoms with Gasteiger partial charge in [-0.15, -0.1) is 0 Å². The maximum Gasteiger partial charge on any atom is 0.472 e. The van der Waals surface area contributed by atoms with Gasteiger partial charge in [0.25, 0.3) is 0 Å². The number of allylic oxidation sites excluding steroid dienone is 36. The third kappa shape index (κ3) is 75.2. The zero-order valence-corrected chi connectivity index (χ0v) is 59.3. The Bertz CT molecular complexity index is 2330. The molecular formula is C83H130NO8P. The standard InChI is InChI=1S/C83H130NO8P/c1-3-5-7-9-11-13-15-17-19-21-23-25-27-29-31-33-35-36-37-38-39-40-41-42-43-44-46-48-50-52-54-56-58-60-62-64-66-68-70-72-74-76-83(86)92-81(80-91-93(87,88)90-78-77-84)79-89-82(85)75-73-71-69-67-65-63-61-59-57-55-53-51-49-47-45-34-32-30-28-26-24-22-20-18-16-14-12-10-8-6-4-2/h5-8,11-14,17-20,23-26,29-32,35-36,38-39,41-42,44-47,51,53,57,59,63,65,81H,3-4,9-10,15-16,21-22,27-28,33-34,37,40,43,48-50,52,54-56,58,60-62,64,66-80,84H2,1-2H3,(H,87,88)/b7-5-,8-6-,13-11-,14-12-,19-17-,20-18-,25-23-,26-24-,31-29-,32-30-,36-35-,39-38-,42-41-,46-44-,47-45-,53-51-,59-57-,65-63-. The van der Waals surface area contributed by atoms with Crippen molar-refractivity contribution in [1.29, 1.82) is 0 Å². The molecule has 0 heterocycles. The van der Waals surface area contributed by atoms with Crippen molar-refractivity contribution in [3.05, 3.63) is 219 Å². The molecule has 0 saturated carbocycles. The molecule has 2 atom stereocenters. The molecule has 3 N–H and O–H groups in total. The number of carbonyl (C=O) groups excluding carboxylic acids is 2. The minimum Gasteiger partial charge on any atom is -0.462 e. The molecule has 0 rings (SSSR count). The third-order valence-corrected chi connectivity index (χ3v) is 15.3. The lowest BCUT2D eigenvalue weighted by atomic mass is 10.0. The van der Waals surface area contributed by atoms with Gasteiger partial charge in [-0.05, 0) is 154 Å². The van der Waals surface area contributed by atoms with Crippen molar-refractivity contribution in [2.75, 3.05) is 26.4 Å². The second-order valence-corrected chi connectivity index (χ2v) is 24.4. The molecule has 0 aromatic heterocycles. The lowest BCUT2D eigenvalue weighted by Gasteiger charge is -2.19. The Balaban J connectivity index is 4.01. The van der Waals surface area contributed by atoms with Gasteiger partial charge < -0.3 is 20.1 Å². The summed E-state index contributed by atoms with van der Waals surface area (Å²) in [5, 5.41) is 0. The molecule has 520 valence electrons. The van der Waals surface area contributed by atoms with Crippen LogP contribution in [0.25, 0.3) is 0 Å². The summed E-state index contributed by atoms with van der Waals surface area (Å²) in [7, 11) is -4.42. The Labute approximate surface area is 569 Å². The molecule has 0 saturated heterocycles. The number of nitrogens with two attached hydrogens (primary N) is 1. The van der Waals surface area contributed by atoms with Crippen molar-refractivity contribution in [1.82, 2.24) is 0 Å². The molecule has 93 heavy (non-hydrogen) atoms. The normalized spacial score (nSPS) is 14.2. The fourth-order valence-electron chi connectivity index (χ4n) is 9.09. The summed E-state index contributed by atoms with van der Waals surface area (Å²) in [6, 6.07) is 0. The van der Waals surface area contributed by atoms with Gasteiger partial charge in [0, 0.05) is 19.4 Å². The van der Waals surface area contributed by atoms with Gasteiger partial charge in [-0.1, -0.05) is 310 Å². The number of carbonyl (C=O) groups is 2. The van der Waals surface area contributed by atoms with Gasteiger partial charge in [-0.25, -0.2) is 4.57 Å². The molecule has 0 fully saturated rings. The van der Waals surface area contributed by atoms with E-state index in [1.54, 1.807) is 0 Å². The number of phosphoric ester groups is 1. The summed E-state index contributed by atoms with van der Waals surface area (Å²) in [5.74, 6) is -0.881. The number of hydrogen-bond donors (Lipinski definition) is 2. The molecule has 10 heteroatoms. The van der Waals surface area contributed by atoms with Crippen LogP contribution in [0.2, 0.25) is 0 Å². The summed E-state index contributed by atoms with van der Waals surface area (Å²) >= 11 is 0. The molecule has 0 aliphatic heterocycles. The number of esters is 2. The fraction of sp³-hybridized carbons (Fsp3) is 0.542. The molecule has 0 spiro atoms. The van der Waals surface area contributed by atoms with E-state index < -0.39 is 32.5 Å². The van der Waals surface area contributed by atoms with Crippen molar-refractivity contribution in [3.63, 3.8) is 0 Å². The molecule has 0 radical (unpaired) electrons. The van der Waals surface area contributed by atoms with Crippen LogP contribution in [0.1, 0.15) is 258 Å². The van der Waals surface area contributed by atoms with Gasteiger partial charge in [0.2, 0.25) is 0 Å². The van der Waals surface area contributed by atoms with E-state index in [9.17, 15) is 19.0 Å². The second-order valence-electron chi connectivity index (χ2n) is 23.0. The van der Waals surface area contributed by atoms with Crippen LogP contribution in [-0.4, -0.2) is 49.3 Å². The molecule has 0 amide bonds. The molecule has 0 aliphatic carbocycles. The predicted molar refractivity (Wildman–Crippen MR) is 403 cm³/mol. The Morgan fingerprint density at radius 3 is 0.839 bits per heavy atom. The molecule has 0 aromatic rings. The van der Waals surface area contributed by atoms with Crippen LogP contribution in [0.4, 0.5) is 0 Å². The second kappa shape index (κ2) is 75.4. The maximum atomic E-state index is 12.8. The highest BCUT2D eigenvalue weighted by atomic mass is 31.2. The highest BCUT2D eigenvalue weighted by Crippen LogP contribution is 2.43. The van der Waals surface area contributed by atoms with Gasteiger partial charge >= 0.3 is 19.8 Å². The van der Waals surface area contributed by atoms with Crippen LogP contribution in [0.5, 0.6) is 0 Å².